The van der Waals surface area contributed by atoms with Crippen molar-refractivity contribution in [3.8, 4) is 5.75 Å². The number of benzene rings is 1. The molecule has 2 heteroatoms. The third kappa shape index (κ3) is 5.88. The quantitative estimate of drug-likeness (QED) is 0.497. The van der Waals surface area contributed by atoms with Crippen LogP contribution in [0.4, 0.5) is 0 Å². The lowest BCUT2D eigenvalue weighted by molar-refractivity contribution is -0.116. The molecule has 2 nitrogen and oxygen atoms in total. The first-order valence-electron chi connectivity index (χ1n) is 8.09. The summed E-state index contributed by atoms with van der Waals surface area (Å²) in [7, 11) is 0. The molecular formula is C20H28O2. The van der Waals surface area contributed by atoms with Crippen molar-refractivity contribution in [3.63, 3.8) is 0 Å². The van der Waals surface area contributed by atoms with E-state index in [-0.39, 0.29) is 5.78 Å². The Kier molecular flexibility index (Phi) is 7.65. The Labute approximate surface area is 134 Å². The van der Waals surface area contributed by atoms with Crippen molar-refractivity contribution in [1.29, 1.82) is 0 Å². The van der Waals surface area contributed by atoms with Crippen LogP contribution in [0, 0.1) is 6.92 Å². The highest BCUT2D eigenvalue weighted by atomic mass is 16.3. The lowest BCUT2D eigenvalue weighted by Gasteiger charge is -2.11. The second kappa shape index (κ2) is 9.24. The predicted octanol–water partition coefficient (Wildman–Crippen LogP) is 5.29. The van der Waals surface area contributed by atoms with Gasteiger partial charge in [-0.15, -0.1) is 0 Å². The molecule has 0 heterocycles. The van der Waals surface area contributed by atoms with Crippen LogP contribution in [0.5, 0.6) is 5.75 Å². The monoisotopic (exact) mass is 300 g/mol. The number of carbonyl (C=O) groups is 1. The highest BCUT2D eigenvalue weighted by Gasteiger charge is 2.06. The summed E-state index contributed by atoms with van der Waals surface area (Å²) >= 11 is 0. The second-order valence-corrected chi connectivity index (χ2v) is 5.88. The van der Waals surface area contributed by atoms with E-state index in [2.05, 4.69) is 20.4 Å². The van der Waals surface area contributed by atoms with E-state index in [1.807, 2.05) is 18.2 Å². The molecular weight excluding hydrogens is 272 g/mol. The lowest BCUT2D eigenvalue weighted by atomic mass is 9.95. The van der Waals surface area contributed by atoms with Crippen molar-refractivity contribution in [2.45, 2.75) is 59.3 Å². The maximum Gasteiger partial charge on any atom is 0.134 e. The van der Waals surface area contributed by atoms with Crippen molar-refractivity contribution in [1.82, 2.24) is 0 Å². The Morgan fingerprint density at radius 2 is 2.05 bits per heavy atom. The molecule has 0 bridgehead atoms. The van der Waals surface area contributed by atoms with E-state index in [1.54, 1.807) is 13.0 Å². The number of carbonyl (C=O) groups excluding carboxylic acids is 1. The average molecular weight is 300 g/mol. The largest absolute Gasteiger partial charge is 0.508 e. The molecule has 0 aliphatic carbocycles. The molecule has 0 aliphatic rings. The Balaban J connectivity index is 2.57. The molecule has 1 N–H and O–H groups in total. The Bertz CT molecular complexity index is 553. The summed E-state index contributed by atoms with van der Waals surface area (Å²) < 4.78 is 0. The summed E-state index contributed by atoms with van der Waals surface area (Å²) in [5.41, 5.74) is 4.89. The van der Waals surface area contributed by atoms with Crippen LogP contribution in [0.1, 0.15) is 57.1 Å². The molecule has 0 saturated carbocycles. The molecule has 0 atom stereocenters. The second-order valence-electron chi connectivity index (χ2n) is 5.88. The topological polar surface area (TPSA) is 37.3 Å². The molecule has 0 aliphatic heterocycles. The van der Waals surface area contributed by atoms with E-state index in [0.29, 0.717) is 12.2 Å². The fourth-order valence-electron chi connectivity index (χ4n) is 2.76. The van der Waals surface area contributed by atoms with Crippen LogP contribution in [-0.4, -0.2) is 10.9 Å². The number of allylic oxidation sites excluding steroid dienone is 3. The fraction of sp³-hybridized carbons (Fsp3) is 0.450. The zero-order valence-electron chi connectivity index (χ0n) is 14.1. The van der Waals surface area contributed by atoms with Gasteiger partial charge in [0.1, 0.15) is 11.5 Å². The summed E-state index contributed by atoms with van der Waals surface area (Å²) in [6.07, 6.45) is 7.47. The molecule has 22 heavy (non-hydrogen) atoms. The maximum absolute atomic E-state index is 11.3. The number of phenols is 1. The zero-order valence-corrected chi connectivity index (χ0v) is 14.1. The Morgan fingerprint density at radius 1 is 1.32 bits per heavy atom. The highest BCUT2D eigenvalue weighted by molar-refractivity contribution is 5.79. The van der Waals surface area contributed by atoms with Gasteiger partial charge in [0.2, 0.25) is 0 Å². The van der Waals surface area contributed by atoms with Gasteiger partial charge in [0, 0.05) is 6.42 Å². The van der Waals surface area contributed by atoms with E-state index in [4.69, 9.17) is 0 Å². The zero-order chi connectivity index (χ0) is 16.5. The molecule has 0 amide bonds. The summed E-state index contributed by atoms with van der Waals surface area (Å²) in [5, 5.41) is 9.56. The molecule has 0 radical (unpaired) electrons. The molecule has 1 rings (SSSR count). The van der Waals surface area contributed by atoms with Crippen molar-refractivity contribution in [2.24, 2.45) is 0 Å². The molecule has 1 aromatic carbocycles. The third-order valence-corrected chi connectivity index (χ3v) is 4.07. The minimum Gasteiger partial charge on any atom is -0.508 e. The van der Waals surface area contributed by atoms with E-state index in [0.717, 1.165) is 37.7 Å². The molecule has 0 aromatic heterocycles. The van der Waals surface area contributed by atoms with Gasteiger partial charge < -0.3 is 5.11 Å². The molecule has 0 saturated heterocycles. The van der Waals surface area contributed by atoms with Crippen LogP contribution < -0.4 is 0 Å². The standard InChI is InChI=1S/C20H28O2/c1-5-17(18(6-2)13-16(4)21)9-7-8-10-19-14-20(22)12-11-15(19)3/h6,11-12,14,22H,2,5,7-10,13H2,1,3-4H3/b18-17+. The highest BCUT2D eigenvalue weighted by Crippen LogP contribution is 2.22. The van der Waals surface area contributed by atoms with Gasteiger partial charge >= 0.3 is 0 Å². The van der Waals surface area contributed by atoms with Gasteiger partial charge in [-0.3, -0.25) is 4.79 Å². The number of rotatable bonds is 9. The number of Topliss-reactive ketones (excluding diaryl/α,β-unsaturated/α-hetero) is 1. The minimum atomic E-state index is 0.191. The Morgan fingerprint density at radius 3 is 2.64 bits per heavy atom. The molecule has 0 fully saturated rings. The number of ketones is 1. The first-order valence-corrected chi connectivity index (χ1v) is 8.09. The van der Waals surface area contributed by atoms with Crippen molar-refractivity contribution in [2.75, 3.05) is 0 Å². The van der Waals surface area contributed by atoms with Gasteiger partial charge in [0.25, 0.3) is 0 Å². The molecule has 1 aromatic rings. The van der Waals surface area contributed by atoms with E-state index < -0.39 is 0 Å². The van der Waals surface area contributed by atoms with Crippen LogP contribution in [-0.2, 0) is 11.2 Å². The normalized spacial score (nSPS) is 12.0. The Hall–Kier alpha value is -1.83. The van der Waals surface area contributed by atoms with Crippen LogP contribution in [0.15, 0.2) is 42.0 Å². The van der Waals surface area contributed by atoms with Crippen LogP contribution in [0.3, 0.4) is 0 Å². The molecule has 0 unspecified atom stereocenters. The molecule has 120 valence electrons. The van der Waals surface area contributed by atoms with E-state index in [9.17, 15) is 9.90 Å². The summed E-state index contributed by atoms with van der Waals surface area (Å²) in [4.78, 5) is 11.3. The lowest BCUT2D eigenvalue weighted by Crippen LogP contribution is -1.97. The predicted molar refractivity (Wildman–Crippen MR) is 93.2 cm³/mol. The first-order chi connectivity index (χ1) is 10.5. The van der Waals surface area contributed by atoms with Crippen LogP contribution in [0.25, 0.3) is 0 Å². The summed E-state index contributed by atoms with van der Waals surface area (Å²) in [6.45, 7) is 9.68. The first kappa shape index (κ1) is 18.2. The van der Waals surface area contributed by atoms with Gasteiger partial charge in [-0.05, 0) is 74.8 Å². The number of aryl methyl sites for hydroxylation is 2. The van der Waals surface area contributed by atoms with Crippen molar-refractivity contribution >= 4 is 5.78 Å². The van der Waals surface area contributed by atoms with Gasteiger partial charge in [0.05, 0.1) is 0 Å². The van der Waals surface area contributed by atoms with E-state index >= 15 is 0 Å². The molecule has 0 spiro atoms. The number of hydrogen-bond donors (Lipinski definition) is 1. The number of aromatic hydroxyl groups is 1. The van der Waals surface area contributed by atoms with Gasteiger partial charge in [-0.1, -0.05) is 31.2 Å². The minimum absolute atomic E-state index is 0.191. The van der Waals surface area contributed by atoms with Crippen molar-refractivity contribution in [3.05, 3.63) is 53.1 Å². The number of hydrogen-bond acceptors (Lipinski definition) is 2. The van der Waals surface area contributed by atoms with Crippen molar-refractivity contribution < 1.29 is 9.90 Å². The number of phenolic OH excluding ortho intramolecular Hbond substituents is 1. The van der Waals surface area contributed by atoms with Crippen LogP contribution in [0.2, 0.25) is 0 Å². The van der Waals surface area contributed by atoms with Gasteiger partial charge in [-0.2, -0.15) is 0 Å². The van der Waals surface area contributed by atoms with E-state index in [1.165, 1.54) is 16.7 Å². The maximum atomic E-state index is 11.3. The summed E-state index contributed by atoms with van der Waals surface area (Å²) in [5.74, 6) is 0.529. The summed E-state index contributed by atoms with van der Waals surface area (Å²) in [6, 6.07) is 5.55. The van der Waals surface area contributed by atoms with Crippen LogP contribution >= 0.6 is 0 Å². The number of unbranched alkanes of at least 4 members (excludes halogenated alkanes) is 1. The third-order valence-electron chi connectivity index (χ3n) is 4.07. The fourth-order valence-corrected chi connectivity index (χ4v) is 2.76. The average Bonchev–Trinajstić information content (AvgIpc) is 2.48. The van der Waals surface area contributed by atoms with Gasteiger partial charge in [-0.25, -0.2) is 0 Å². The van der Waals surface area contributed by atoms with Gasteiger partial charge in [0.15, 0.2) is 0 Å². The SMILES string of the molecule is C=C/C(CC(C)=O)=C(/CC)CCCCc1cc(O)ccc1C. The smallest absolute Gasteiger partial charge is 0.134 e.